The Balaban J connectivity index is 1.47. The fraction of sp³-hybridized carbons (Fsp3) is 0.500. The van der Waals surface area contributed by atoms with Gasteiger partial charge in [0, 0.05) is 28.8 Å². The topological polar surface area (TPSA) is 41.9 Å². The van der Waals surface area contributed by atoms with Crippen LogP contribution in [0.2, 0.25) is 0 Å². The normalized spacial score (nSPS) is 27.7. The molecule has 2 heterocycles. The molecule has 0 radical (unpaired) electrons. The second kappa shape index (κ2) is 5.97. The molecule has 4 nitrogen and oxygen atoms in total. The summed E-state index contributed by atoms with van der Waals surface area (Å²) in [5.41, 5.74) is 3.03. The minimum atomic E-state index is -0.465. The number of likely N-dealkylation sites (tertiary alicyclic amines) is 1. The summed E-state index contributed by atoms with van der Waals surface area (Å²) in [6.45, 7) is 5.75. The van der Waals surface area contributed by atoms with Crippen molar-refractivity contribution in [2.75, 3.05) is 0 Å². The maximum Gasteiger partial charge on any atom is 0.411 e. The van der Waals surface area contributed by atoms with Crippen molar-refractivity contribution in [1.29, 1.82) is 0 Å². The number of benzene rings is 1. The van der Waals surface area contributed by atoms with Gasteiger partial charge in [0.05, 0.1) is 6.04 Å². The van der Waals surface area contributed by atoms with Gasteiger partial charge >= 0.3 is 6.09 Å². The summed E-state index contributed by atoms with van der Waals surface area (Å²) >= 11 is 3.47. The van der Waals surface area contributed by atoms with Crippen molar-refractivity contribution in [1.82, 2.24) is 4.90 Å². The van der Waals surface area contributed by atoms with Crippen molar-refractivity contribution < 1.29 is 9.53 Å². The predicted molar refractivity (Wildman–Crippen MR) is 103 cm³/mol. The lowest BCUT2D eigenvalue weighted by Gasteiger charge is -2.30. The fourth-order valence-corrected chi connectivity index (χ4v) is 4.09. The predicted octanol–water partition coefficient (Wildman–Crippen LogP) is 5.03. The molecule has 0 aromatic heterocycles. The molecular formula is C20H23BrN2O2. The number of ether oxygens (including phenoxy) is 1. The summed E-state index contributed by atoms with van der Waals surface area (Å²) in [7, 11) is 0. The average Bonchev–Trinajstić information content (AvgIpc) is 2.97. The number of halogens is 1. The molecule has 0 spiro atoms. The first kappa shape index (κ1) is 16.8. The zero-order valence-electron chi connectivity index (χ0n) is 14.8. The Morgan fingerprint density at radius 2 is 1.96 bits per heavy atom. The third-order valence-corrected chi connectivity index (χ3v) is 5.59. The second-order valence-corrected chi connectivity index (χ2v) is 9.08. The number of fused-ring (bicyclic) bond motifs is 1. The highest BCUT2D eigenvalue weighted by Crippen LogP contribution is 2.49. The van der Waals surface area contributed by atoms with Gasteiger partial charge < -0.3 is 4.74 Å². The van der Waals surface area contributed by atoms with Crippen LogP contribution in [0.4, 0.5) is 4.79 Å². The number of aliphatic imine (C=N–C) groups is 1. The molecule has 2 fully saturated rings. The van der Waals surface area contributed by atoms with Gasteiger partial charge in [0.1, 0.15) is 5.60 Å². The monoisotopic (exact) mass is 402 g/mol. The van der Waals surface area contributed by atoms with Crippen LogP contribution in [0.15, 0.2) is 39.9 Å². The molecule has 3 aliphatic rings. The molecule has 1 saturated carbocycles. The first-order valence-corrected chi connectivity index (χ1v) is 9.64. The van der Waals surface area contributed by atoms with E-state index < -0.39 is 5.60 Å². The zero-order chi connectivity index (χ0) is 17.8. The van der Waals surface area contributed by atoms with Crippen LogP contribution in [-0.2, 0) is 4.74 Å². The van der Waals surface area contributed by atoms with E-state index in [1.807, 2.05) is 44.0 Å². The summed E-state index contributed by atoms with van der Waals surface area (Å²) in [4.78, 5) is 19.3. The zero-order valence-corrected chi connectivity index (χ0v) is 16.4. The lowest BCUT2D eigenvalue weighted by Crippen LogP contribution is -2.45. The van der Waals surface area contributed by atoms with Crippen LogP contribution in [0.1, 0.15) is 45.6 Å². The quantitative estimate of drug-likeness (QED) is 0.695. The first-order valence-electron chi connectivity index (χ1n) is 8.85. The minimum Gasteiger partial charge on any atom is -0.444 e. The standard InChI is InChI=1S/C20H23BrN2O2/c1-20(2,3)25-19(24)23-17-9-13(17)10-18(23)16-8-14(11-22-16)12-4-6-15(21)7-5-12/h4-7,11,13,17-18H,8-10H2,1-3H3/t13-,17-,18?/m1/s1. The third kappa shape index (κ3) is 3.39. The van der Waals surface area contributed by atoms with Crippen molar-refractivity contribution in [2.24, 2.45) is 10.9 Å². The van der Waals surface area contributed by atoms with E-state index in [-0.39, 0.29) is 12.1 Å². The van der Waals surface area contributed by atoms with E-state index in [1.165, 1.54) is 11.1 Å². The van der Waals surface area contributed by atoms with E-state index in [2.05, 4.69) is 33.1 Å². The summed E-state index contributed by atoms with van der Waals surface area (Å²) in [5.74, 6) is 0.622. The third-order valence-electron chi connectivity index (χ3n) is 5.07. The average molecular weight is 403 g/mol. The molecule has 1 amide bonds. The molecule has 0 bridgehead atoms. The Labute approximate surface area is 157 Å². The van der Waals surface area contributed by atoms with E-state index in [0.29, 0.717) is 12.0 Å². The number of allylic oxidation sites excluding steroid dienone is 1. The molecule has 1 aliphatic carbocycles. The fourth-order valence-electron chi connectivity index (χ4n) is 3.82. The lowest BCUT2D eigenvalue weighted by molar-refractivity contribution is 0.0230. The molecule has 2 aliphatic heterocycles. The van der Waals surface area contributed by atoms with E-state index in [4.69, 9.17) is 4.74 Å². The van der Waals surface area contributed by atoms with Crippen LogP contribution in [0.3, 0.4) is 0 Å². The molecule has 1 aromatic rings. The molecule has 4 rings (SSSR count). The van der Waals surface area contributed by atoms with Crippen LogP contribution in [0.5, 0.6) is 0 Å². The lowest BCUT2D eigenvalue weighted by atomic mass is 9.98. The van der Waals surface area contributed by atoms with Crippen LogP contribution in [-0.4, -0.2) is 34.4 Å². The maximum atomic E-state index is 12.7. The number of carbonyl (C=O) groups excluding carboxylic acids is 1. The molecule has 1 aromatic carbocycles. The minimum absolute atomic E-state index is 0.0859. The number of rotatable bonds is 2. The molecule has 0 N–H and O–H groups in total. The maximum absolute atomic E-state index is 12.7. The van der Waals surface area contributed by atoms with Crippen molar-refractivity contribution >= 4 is 33.3 Å². The van der Waals surface area contributed by atoms with Gasteiger partial charge in [0.15, 0.2) is 0 Å². The largest absolute Gasteiger partial charge is 0.444 e. The van der Waals surface area contributed by atoms with Crippen molar-refractivity contribution in [2.45, 2.75) is 57.7 Å². The summed E-state index contributed by atoms with van der Waals surface area (Å²) < 4.78 is 6.72. The van der Waals surface area contributed by atoms with E-state index >= 15 is 0 Å². The van der Waals surface area contributed by atoms with Gasteiger partial charge in [0.25, 0.3) is 0 Å². The highest BCUT2D eigenvalue weighted by Gasteiger charge is 2.56. The number of carbonyl (C=O) groups is 1. The Morgan fingerprint density at radius 1 is 1.24 bits per heavy atom. The smallest absolute Gasteiger partial charge is 0.411 e. The van der Waals surface area contributed by atoms with Crippen molar-refractivity contribution in [3.63, 3.8) is 0 Å². The number of hydrogen-bond acceptors (Lipinski definition) is 3. The molecular weight excluding hydrogens is 380 g/mol. The van der Waals surface area contributed by atoms with Gasteiger partial charge in [-0.25, -0.2) is 4.79 Å². The Hall–Kier alpha value is -1.62. The molecule has 3 atom stereocenters. The van der Waals surface area contributed by atoms with Gasteiger partial charge in [-0.05, 0) is 62.8 Å². The van der Waals surface area contributed by atoms with Crippen molar-refractivity contribution in [3.05, 3.63) is 40.5 Å². The van der Waals surface area contributed by atoms with Crippen LogP contribution in [0, 0.1) is 5.92 Å². The van der Waals surface area contributed by atoms with Gasteiger partial charge in [-0.3, -0.25) is 9.89 Å². The Bertz CT molecular complexity index is 761. The molecule has 1 saturated heterocycles. The number of hydrogen-bond donors (Lipinski definition) is 0. The number of piperidine rings is 1. The van der Waals surface area contributed by atoms with Gasteiger partial charge in [-0.1, -0.05) is 28.1 Å². The van der Waals surface area contributed by atoms with Crippen LogP contribution < -0.4 is 0 Å². The van der Waals surface area contributed by atoms with Crippen LogP contribution in [0.25, 0.3) is 5.57 Å². The summed E-state index contributed by atoms with van der Waals surface area (Å²) in [5, 5.41) is 0. The van der Waals surface area contributed by atoms with Gasteiger partial charge in [0.2, 0.25) is 0 Å². The number of nitrogens with zero attached hydrogens (tertiary/aromatic N) is 2. The number of amides is 1. The SMILES string of the molecule is CC(C)(C)OC(=O)N1C(C2=NC=C(c3ccc(Br)cc3)C2)C[C@H]2C[C@H]21. The second-order valence-electron chi connectivity index (χ2n) is 8.16. The van der Waals surface area contributed by atoms with Gasteiger partial charge in [-0.2, -0.15) is 0 Å². The Kier molecular flexibility index (Phi) is 4.02. The van der Waals surface area contributed by atoms with Crippen molar-refractivity contribution in [3.8, 4) is 0 Å². The van der Waals surface area contributed by atoms with Gasteiger partial charge in [-0.15, -0.1) is 0 Å². The molecule has 25 heavy (non-hydrogen) atoms. The first-order chi connectivity index (χ1) is 11.8. The summed E-state index contributed by atoms with van der Waals surface area (Å²) in [6, 6.07) is 8.73. The molecule has 1 unspecified atom stereocenters. The highest BCUT2D eigenvalue weighted by atomic mass is 79.9. The Morgan fingerprint density at radius 3 is 2.64 bits per heavy atom. The van der Waals surface area contributed by atoms with E-state index in [0.717, 1.165) is 29.4 Å². The molecule has 132 valence electrons. The van der Waals surface area contributed by atoms with E-state index in [1.54, 1.807) is 0 Å². The molecule has 5 heteroatoms. The van der Waals surface area contributed by atoms with Crippen LogP contribution >= 0.6 is 15.9 Å². The summed E-state index contributed by atoms with van der Waals surface area (Å²) in [6.07, 6.45) is 4.70. The highest BCUT2D eigenvalue weighted by molar-refractivity contribution is 9.10. The van der Waals surface area contributed by atoms with E-state index in [9.17, 15) is 4.79 Å².